The lowest BCUT2D eigenvalue weighted by Crippen LogP contribution is -2.47. The van der Waals surface area contributed by atoms with Gasteiger partial charge in [0.15, 0.2) is 11.5 Å². The largest absolute Gasteiger partial charge is 0.494 e. The number of hydrogen-bond acceptors (Lipinski definition) is 14. The maximum absolute atomic E-state index is 13.6. The van der Waals surface area contributed by atoms with Crippen molar-refractivity contribution in [1.29, 1.82) is 0 Å². The van der Waals surface area contributed by atoms with E-state index in [1.54, 1.807) is 36.9 Å². The Labute approximate surface area is 374 Å². The molecule has 3 fully saturated rings. The summed E-state index contributed by atoms with van der Waals surface area (Å²) in [4.78, 5) is 28.9. The molecular formula is C46H58F3N9O7. The highest BCUT2D eigenvalue weighted by Crippen LogP contribution is 2.48. The number of fused-ring (bicyclic) bond motifs is 2. The lowest BCUT2D eigenvalue weighted by molar-refractivity contribution is -0.137. The van der Waals surface area contributed by atoms with Crippen LogP contribution in [0.25, 0.3) is 21.7 Å². The number of aromatic nitrogens is 3. The van der Waals surface area contributed by atoms with Crippen molar-refractivity contribution in [1.82, 2.24) is 29.7 Å². The van der Waals surface area contributed by atoms with Crippen molar-refractivity contribution in [2.24, 2.45) is 5.41 Å². The normalized spacial score (nSPS) is 20.5. The summed E-state index contributed by atoms with van der Waals surface area (Å²) in [6.45, 7) is 8.22. The van der Waals surface area contributed by atoms with Crippen LogP contribution >= 0.6 is 0 Å². The molecule has 0 radical (unpaired) electrons. The number of benzene rings is 3. The van der Waals surface area contributed by atoms with Crippen LogP contribution in [0.15, 0.2) is 48.5 Å². The molecule has 0 bridgehead atoms. The fraction of sp³-hybridized carbons (Fsp3) is 0.500. The first kappa shape index (κ1) is 45.8. The topological polar surface area (TPSA) is 207 Å². The standard InChI is InChI=1S/C46H58F3N9O7/c1-26(28-18-29(46(47,48)49)20-30(50)19-28)51-41-34-22-38(37(64-4)23-35(34)52-27(2)53-41)65-25-45(11-12-45)24-55(3)40(60)6-5-13-56-14-16-57(17-15-56)31-7-8-32-33(21-31)44(63)58(43(32)62)36-9-10-39(59)54-42(36)61/h7-8,18-23,26,36,39,42,54,59,61-63H,5-6,9-17,24-25,50H2,1-4H3,(H,51,52,53)/t26-,36?,39?,42?/m1/s1. The number of alkyl halides is 3. The predicted molar refractivity (Wildman–Crippen MR) is 240 cm³/mol. The van der Waals surface area contributed by atoms with Gasteiger partial charge in [-0.3, -0.25) is 19.6 Å². The number of nitrogen functional groups attached to an aromatic ring is 1. The molecule has 1 saturated carbocycles. The number of aromatic hydroxyl groups is 2. The maximum atomic E-state index is 13.6. The molecule has 65 heavy (non-hydrogen) atoms. The Hall–Kier alpha value is -5.76. The number of anilines is 3. The molecule has 5 aromatic rings. The molecule has 350 valence electrons. The van der Waals surface area contributed by atoms with Gasteiger partial charge in [0.1, 0.15) is 24.1 Å². The fourth-order valence-electron chi connectivity index (χ4n) is 9.17. The highest BCUT2D eigenvalue weighted by Gasteiger charge is 2.45. The van der Waals surface area contributed by atoms with Crippen LogP contribution in [0.1, 0.15) is 74.5 Å². The second-order valence-electron chi connectivity index (χ2n) is 17.9. The number of carbonyl (C=O) groups is 1. The summed E-state index contributed by atoms with van der Waals surface area (Å²) in [5, 5.41) is 49.9. The summed E-state index contributed by atoms with van der Waals surface area (Å²) < 4.78 is 54.2. The van der Waals surface area contributed by atoms with Crippen molar-refractivity contribution >= 4 is 44.8 Å². The van der Waals surface area contributed by atoms with Crippen LogP contribution in [-0.4, -0.2) is 123 Å². The van der Waals surface area contributed by atoms with E-state index in [9.17, 15) is 38.4 Å². The molecule has 4 atom stereocenters. The first-order valence-corrected chi connectivity index (χ1v) is 22.0. The Kier molecular flexibility index (Phi) is 12.9. The van der Waals surface area contributed by atoms with E-state index in [0.717, 1.165) is 63.4 Å². The number of rotatable bonds is 15. The summed E-state index contributed by atoms with van der Waals surface area (Å²) in [5.41, 5.74) is 6.64. The summed E-state index contributed by atoms with van der Waals surface area (Å²) in [5.74, 6) is 1.61. The van der Waals surface area contributed by atoms with Crippen LogP contribution in [0.2, 0.25) is 0 Å². The van der Waals surface area contributed by atoms with E-state index in [1.165, 1.54) is 17.7 Å². The van der Waals surface area contributed by atoms with E-state index in [1.807, 2.05) is 19.2 Å². The predicted octanol–water partition coefficient (Wildman–Crippen LogP) is 5.87. The van der Waals surface area contributed by atoms with Gasteiger partial charge in [-0.05, 0) is 101 Å². The third kappa shape index (κ3) is 9.92. The number of methoxy groups -OCH3 is 1. The minimum absolute atomic E-state index is 0.00602. The van der Waals surface area contributed by atoms with E-state index in [-0.39, 0.29) is 28.8 Å². The lowest BCUT2D eigenvalue weighted by Gasteiger charge is -2.36. The molecule has 1 aliphatic carbocycles. The van der Waals surface area contributed by atoms with Gasteiger partial charge in [0.05, 0.1) is 36.9 Å². The van der Waals surface area contributed by atoms with Gasteiger partial charge in [0.2, 0.25) is 17.7 Å². The van der Waals surface area contributed by atoms with Crippen LogP contribution in [-0.2, 0) is 11.0 Å². The minimum Gasteiger partial charge on any atom is -0.494 e. The van der Waals surface area contributed by atoms with E-state index in [4.69, 9.17) is 15.2 Å². The lowest BCUT2D eigenvalue weighted by atomic mass is 10.0. The average molecular weight is 906 g/mol. The van der Waals surface area contributed by atoms with Gasteiger partial charge < -0.3 is 50.8 Å². The van der Waals surface area contributed by atoms with E-state index < -0.39 is 36.3 Å². The third-order valence-electron chi connectivity index (χ3n) is 13.1. The molecule has 2 aromatic heterocycles. The quantitative estimate of drug-likeness (QED) is 0.0614. The molecule has 8 rings (SSSR count). The Bertz CT molecular complexity index is 2540. The molecule has 8 N–H and O–H groups in total. The second-order valence-corrected chi connectivity index (χ2v) is 17.9. The van der Waals surface area contributed by atoms with Crippen LogP contribution in [0.3, 0.4) is 0 Å². The number of amides is 1. The number of halogens is 3. The monoisotopic (exact) mass is 905 g/mol. The number of nitrogens with zero attached hydrogens (tertiary/aromatic N) is 6. The van der Waals surface area contributed by atoms with Crippen LogP contribution in [0, 0.1) is 12.3 Å². The average Bonchev–Trinajstić information content (AvgIpc) is 3.99. The molecular weight excluding hydrogens is 848 g/mol. The molecule has 2 saturated heterocycles. The number of piperidine rings is 1. The number of carbonyl (C=O) groups excluding carboxylic acids is 1. The third-order valence-corrected chi connectivity index (χ3v) is 13.1. The van der Waals surface area contributed by atoms with Gasteiger partial charge in [0, 0.05) is 85.2 Å². The number of aryl methyl sites for hydroxylation is 1. The van der Waals surface area contributed by atoms with Crippen molar-refractivity contribution in [2.75, 3.05) is 76.0 Å². The Morgan fingerprint density at radius 1 is 1.00 bits per heavy atom. The number of ether oxygens (including phenoxy) is 2. The Balaban J connectivity index is 0.829. The zero-order valence-electron chi connectivity index (χ0n) is 37.0. The molecule has 2 aliphatic heterocycles. The zero-order valence-corrected chi connectivity index (χ0v) is 37.0. The molecule has 3 aliphatic rings. The van der Waals surface area contributed by atoms with Crippen LogP contribution in [0.4, 0.5) is 30.4 Å². The van der Waals surface area contributed by atoms with E-state index in [2.05, 4.69) is 30.4 Å². The number of hydrogen-bond donors (Lipinski definition) is 7. The molecule has 4 heterocycles. The first-order valence-electron chi connectivity index (χ1n) is 22.0. The Morgan fingerprint density at radius 3 is 2.43 bits per heavy atom. The molecule has 19 heteroatoms. The molecule has 16 nitrogen and oxygen atoms in total. The van der Waals surface area contributed by atoms with E-state index >= 15 is 0 Å². The van der Waals surface area contributed by atoms with E-state index in [0.29, 0.717) is 89.2 Å². The molecule has 0 spiro atoms. The number of aliphatic hydroxyl groups is 2. The van der Waals surface area contributed by atoms with Gasteiger partial charge in [-0.25, -0.2) is 9.97 Å². The SMILES string of the molecule is COc1cc2nc(C)nc(N[C@H](C)c3cc(N)cc(C(F)(F)F)c3)c2cc1OCC1(CN(C)C(=O)CCCN2CCN(c3ccc4c(O)n(C5CCC(O)NC5O)c(O)c4c3)CC2)CC1. The summed E-state index contributed by atoms with van der Waals surface area (Å²) in [6.07, 6.45) is -2.87. The van der Waals surface area contributed by atoms with Crippen molar-refractivity contribution in [3.63, 3.8) is 0 Å². The maximum Gasteiger partial charge on any atom is 0.416 e. The minimum atomic E-state index is -4.55. The van der Waals surface area contributed by atoms with Gasteiger partial charge in [0.25, 0.3) is 0 Å². The van der Waals surface area contributed by atoms with Gasteiger partial charge in [-0.1, -0.05) is 0 Å². The number of aliphatic hydroxyl groups excluding tert-OH is 2. The number of piperazine rings is 1. The Morgan fingerprint density at radius 2 is 1.74 bits per heavy atom. The number of nitrogens with one attached hydrogen (secondary N) is 2. The van der Waals surface area contributed by atoms with Gasteiger partial charge >= 0.3 is 6.18 Å². The van der Waals surface area contributed by atoms with Gasteiger partial charge in [-0.15, -0.1) is 0 Å². The highest BCUT2D eigenvalue weighted by atomic mass is 19.4. The highest BCUT2D eigenvalue weighted by molar-refractivity contribution is 5.95. The van der Waals surface area contributed by atoms with Crippen LogP contribution in [0.5, 0.6) is 23.3 Å². The molecule has 1 amide bonds. The van der Waals surface area contributed by atoms with Crippen molar-refractivity contribution in [3.8, 4) is 23.3 Å². The molecule has 3 aromatic carbocycles. The van der Waals surface area contributed by atoms with Crippen molar-refractivity contribution < 1.29 is 47.9 Å². The second kappa shape index (κ2) is 18.3. The smallest absolute Gasteiger partial charge is 0.416 e. The van der Waals surface area contributed by atoms with Crippen molar-refractivity contribution in [3.05, 3.63) is 65.5 Å². The summed E-state index contributed by atoms with van der Waals surface area (Å²) in [7, 11) is 3.37. The van der Waals surface area contributed by atoms with Gasteiger partial charge in [-0.2, -0.15) is 13.2 Å². The van der Waals surface area contributed by atoms with Crippen molar-refractivity contribution in [2.45, 2.75) is 83.1 Å². The number of nitrogens with two attached hydrogens (primary N) is 1. The molecule has 3 unspecified atom stereocenters. The zero-order chi connectivity index (χ0) is 46.4. The van der Waals surface area contributed by atoms with Crippen LogP contribution < -0.4 is 30.7 Å². The fourth-order valence-corrected chi connectivity index (χ4v) is 9.17. The summed E-state index contributed by atoms with van der Waals surface area (Å²) >= 11 is 0. The first-order chi connectivity index (χ1) is 30.9. The summed E-state index contributed by atoms with van der Waals surface area (Å²) in [6, 6.07) is 11.4.